The first-order chi connectivity index (χ1) is 11.9. The number of rotatable bonds is 5. The van der Waals surface area contributed by atoms with Crippen LogP contribution in [0.4, 0.5) is 0 Å². The van der Waals surface area contributed by atoms with Gasteiger partial charge in [-0.2, -0.15) is 0 Å². The number of benzene rings is 2. The third-order valence-electron chi connectivity index (χ3n) is 3.18. The van der Waals surface area contributed by atoms with Gasteiger partial charge >= 0.3 is 0 Å². The van der Waals surface area contributed by atoms with Gasteiger partial charge in [0.25, 0.3) is 0 Å². The van der Waals surface area contributed by atoms with E-state index in [0.29, 0.717) is 5.02 Å². The zero-order valence-corrected chi connectivity index (χ0v) is 14.0. The zero-order valence-electron chi connectivity index (χ0n) is 12.5. The molecule has 0 aliphatic rings. The second kappa shape index (κ2) is 7.04. The van der Waals surface area contributed by atoms with E-state index < -0.39 is 18.0 Å². The highest BCUT2D eigenvalue weighted by Crippen LogP contribution is 2.31. The van der Waals surface area contributed by atoms with Gasteiger partial charge in [-0.25, -0.2) is 0 Å². The fourth-order valence-corrected chi connectivity index (χ4v) is 2.52. The Morgan fingerprint density at radius 2 is 1.92 bits per heavy atom. The molecular weight excluding hydrogens is 371 g/mol. The summed E-state index contributed by atoms with van der Waals surface area (Å²) < 4.78 is 15.9. The minimum atomic E-state index is -1.36. The first kappa shape index (κ1) is 17.1. The SMILES string of the molecule is O=C([O-])COc1ccc2c(=O)c(Oc3ccc(Cl)cc3Cl)coc2c1. The molecule has 3 aromatic rings. The van der Waals surface area contributed by atoms with Crippen LogP contribution in [-0.2, 0) is 4.79 Å². The minimum Gasteiger partial charge on any atom is -0.546 e. The van der Waals surface area contributed by atoms with Crippen LogP contribution in [0.25, 0.3) is 11.0 Å². The molecule has 0 saturated carbocycles. The lowest BCUT2D eigenvalue weighted by Crippen LogP contribution is -2.28. The van der Waals surface area contributed by atoms with Crippen LogP contribution in [0, 0.1) is 0 Å². The van der Waals surface area contributed by atoms with Gasteiger partial charge in [-0.1, -0.05) is 23.2 Å². The molecule has 8 heteroatoms. The van der Waals surface area contributed by atoms with Gasteiger partial charge in [-0.15, -0.1) is 0 Å². The summed E-state index contributed by atoms with van der Waals surface area (Å²) in [6.07, 6.45) is 1.14. The van der Waals surface area contributed by atoms with Crippen molar-refractivity contribution in [1.29, 1.82) is 0 Å². The van der Waals surface area contributed by atoms with E-state index in [1.165, 1.54) is 30.3 Å². The van der Waals surface area contributed by atoms with Crippen molar-refractivity contribution in [2.24, 2.45) is 0 Å². The topological polar surface area (TPSA) is 88.8 Å². The highest BCUT2D eigenvalue weighted by atomic mass is 35.5. The average Bonchev–Trinajstić information content (AvgIpc) is 2.57. The van der Waals surface area contributed by atoms with Crippen molar-refractivity contribution in [3.8, 4) is 17.2 Å². The monoisotopic (exact) mass is 379 g/mol. The molecule has 2 aromatic carbocycles. The first-order valence-corrected chi connectivity index (χ1v) is 7.71. The predicted octanol–water partition coefficient (Wildman–Crippen LogP) is 3.02. The molecule has 0 atom stereocenters. The Hall–Kier alpha value is -2.70. The third-order valence-corrected chi connectivity index (χ3v) is 3.72. The van der Waals surface area contributed by atoms with Crippen LogP contribution in [0.5, 0.6) is 17.2 Å². The molecule has 3 rings (SSSR count). The maximum absolute atomic E-state index is 12.5. The van der Waals surface area contributed by atoms with Crippen LogP contribution < -0.4 is 20.0 Å². The molecule has 1 heterocycles. The fourth-order valence-electron chi connectivity index (χ4n) is 2.07. The van der Waals surface area contributed by atoms with Gasteiger partial charge < -0.3 is 23.8 Å². The smallest absolute Gasteiger partial charge is 0.235 e. The van der Waals surface area contributed by atoms with Crippen LogP contribution >= 0.6 is 23.2 Å². The van der Waals surface area contributed by atoms with E-state index in [1.54, 1.807) is 6.07 Å². The van der Waals surface area contributed by atoms with Crippen molar-refractivity contribution in [2.45, 2.75) is 0 Å². The number of carboxylic acids is 1. The number of carbonyl (C=O) groups is 1. The summed E-state index contributed by atoms with van der Waals surface area (Å²) in [5.41, 5.74) is -0.200. The number of halogens is 2. The number of fused-ring (bicyclic) bond motifs is 1. The summed E-state index contributed by atoms with van der Waals surface area (Å²) >= 11 is 11.8. The lowest BCUT2D eigenvalue weighted by atomic mass is 10.2. The van der Waals surface area contributed by atoms with Crippen LogP contribution in [0.1, 0.15) is 0 Å². The Labute approximate surface area is 151 Å². The molecule has 25 heavy (non-hydrogen) atoms. The molecular formula is C17H9Cl2O6-. The zero-order chi connectivity index (χ0) is 18.0. The fraction of sp³-hybridized carbons (Fsp3) is 0.0588. The predicted molar refractivity (Wildman–Crippen MR) is 89.5 cm³/mol. The quantitative estimate of drug-likeness (QED) is 0.676. The molecule has 0 bridgehead atoms. The van der Waals surface area contributed by atoms with Crippen LogP contribution in [0.2, 0.25) is 10.0 Å². The summed E-state index contributed by atoms with van der Waals surface area (Å²) in [4.78, 5) is 22.9. The Morgan fingerprint density at radius 3 is 2.64 bits per heavy atom. The van der Waals surface area contributed by atoms with E-state index in [2.05, 4.69) is 0 Å². The molecule has 0 N–H and O–H groups in total. The Kier molecular flexibility index (Phi) is 4.83. The maximum Gasteiger partial charge on any atom is 0.235 e. The number of aliphatic carboxylic acids is 1. The molecule has 0 amide bonds. The third kappa shape index (κ3) is 3.87. The minimum absolute atomic E-state index is 0.0554. The molecule has 0 aliphatic carbocycles. The number of carboxylic acid groups (broad SMARTS) is 1. The van der Waals surface area contributed by atoms with Crippen LogP contribution in [0.15, 0.2) is 51.9 Å². The molecule has 1 aromatic heterocycles. The van der Waals surface area contributed by atoms with Crippen molar-refractivity contribution in [3.63, 3.8) is 0 Å². The van der Waals surface area contributed by atoms with E-state index in [0.717, 1.165) is 6.26 Å². The van der Waals surface area contributed by atoms with Crippen molar-refractivity contribution in [2.75, 3.05) is 6.61 Å². The molecule has 6 nitrogen and oxygen atoms in total. The number of carbonyl (C=O) groups excluding carboxylic acids is 1. The van der Waals surface area contributed by atoms with Gasteiger partial charge in [0.15, 0.2) is 0 Å². The van der Waals surface area contributed by atoms with Gasteiger partial charge in [0.2, 0.25) is 11.2 Å². The largest absolute Gasteiger partial charge is 0.546 e. The summed E-state index contributed by atoms with van der Waals surface area (Å²) in [6, 6.07) is 8.89. The van der Waals surface area contributed by atoms with Crippen LogP contribution in [-0.4, -0.2) is 12.6 Å². The highest BCUT2D eigenvalue weighted by molar-refractivity contribution is 6.35. The summed E-state index contributed by atoms with van der Waals surface area (Å²) in [6.45, 7) is -0.605. The van der Waals surface area contributed by atoms with E-state index in [1.807, 2.05) is 0 Å². The van der Waals surface area contributed by atoms with Crippen molar-refractivity contribution in [3.05, 3.63) is 62.9 Å². The van der Waals surface area contributed by atoms with E-state index in [9.17, 15) is 14.7 Å². The Balaban J connectivity index is 1.93. The Bertz CT molecular complexity index is 1010. The first-order valence-electron chi connectivity index (χ1n) is 6.95. The number of hydrogen-bond donors (Lipinski definition) is 0. The normalized spacial score (nSPS) is 10.6. The van der Waals surface area contributed by atoms with Gasteiger partial charge in [-0.3, -0.25) is 4.79 Å². The molecule has 0 saturated heterocycles. The van der Waals surface area contributed by atoms with Gasteiger partial charge in [-0.05, 0) is 30.3 Å². The number of hydrogen-bond acceptors (Lipinski definition) is 6. The van der Waals surface area contributed by atoms with Crippen molar-refractivity contribution < 1.29 is 23.8 Å². The van der Waals surface area contributed by atoms with Crippen molar-refractivity contribution >= 4 is 40.1 Å². The summed E-state index contributed by atoms with van der Waals surface area (Å²) in [5.74, 6) is -0.925. The lowest BCUT2D eigenvalue weighted by molar-refractivity contribution is -0.307. The van der Waals surface area contributed by atoms with E-state index in [-0.39, 0.29) is 33.2 Å². The highest BCUT2D eigenvalue weighted by Gasteiger charge is 2.12. The molecule has 0 aliphatic heterocycles. The second-order valence-electron chi connectivity index (χ2n) is 4.92. The lowest BCUT2D eigenvalue weighted by Gasteiger charge is -2.09. The van der Waals surface area contributed by atoms with Crippen molar-refractivity contribution in [1.82, 2.24) is 0 Å². The second-order valence-corrected chi connectivity index (χ2v) is 5.77. The Morgan fingerprint density at radius 1 is 1.12 bits per heavy atom. The molecule has 0 fully saturated rings. The summed E-state index contributed by atoms with van der Waals surface area (Å²) in [5, 5.41) is 11.3. The van der Waals surface area contributed by atoms with E-state index >= 15 is 0 Å². The van der Waals surface area contributed by atoms with E-state index in [4.69, 9.17) is 37.1 Å². The molecule has 128 valence electrons. The van der Waals surface area contributed by atoms with Gasteiger partial charge in [0.05, 0.1) is 16.4 Å². The molecule has 0 spiro atoms. The maximum atomic E-state index is 12.5. The summed E-state index contributed by atoms with van der Waals surface area (Å²) in [7, 11) is 0. The average molecular weight is 380 g/mol. The van der Waals surface area contributed by atoms with Crippen LogP contribution in [0.3, 0.4) is 0 Å². The van der Waals surface area contributed by atoms with Gasteiger partial charge in [0.1, 0.15) is 30.0 Å². The number of ether oxygens (including phenoxy) is 2. The standard InChI is InChI=1S/C17H10Cl2O6/c18-9-1-4-13(12(19)5-9)25-15-7-24-14-6-10(23-8-16(20)21)2-3-11(14)17(15)22/h1-7H,8H2,(H,20,21)/p-1. The van der Waals surface area contributed by atoms with Gasteiger partial charge in [0, 0.05) is 11.1 Å². The molecule has 0 radical (unpaired) electrons. The molecule has 0 unspecified atom stereocenters.